The van der Waals surface area contributed by atoms with Gasteiger partial charge in [-0.15, -0.1) is 0 Å². The summed E-state index contributed by atoms with van der Waals surface area (Å²) in [6.45, 7) is 6.33. The number of nitrogens with one attached hydrogen (secondary N) is 1. The number of hydrogen-bond donors (Lipinski definition) is 1. The molecule has 0 radical (unpaired) electrons. The highest BCUT2D eigenvalue weighted by Crippen LogP contribution is 2.32. The molecule has 0 bridgehead atoms. The molecule has 11 nitrogen and oxygen atoms in total. The molecular weight excluding hydrogens is 568 g/mol. The van der Waals surface area contributed by atoms with Crippen LogP contribution in [0.5, 0.6) is 5.75 Å². The van der Waals surface area contributed by atoms with Gasteiger partial charge in [0.25, 0.3) is 5.91 Å². The zero-order chi connectivity index (χ0) is 30.0. The highest BCUT2D eigenvalue weighted by molar-refractivity contribution is 6.33. The molecule has 2 fully saturated rings. The van der Waals surface area contributed by atoms with Crippen LogP contribution in [0.3, 0.4) is 0 Å². The second kappa shape index (κ2) is 12.2. The van der Waals surface area contributed by atoms with Crippen molar-refractivity contribution in [2.45, 2.75) is 31.4 Å². The number of halogens is 1. The van der Waals surface area contributed by atoms with Crippen LogP contribution in [-0.2, 0) is 4.74 Å². The number of aromatic nitrogens is 4. The van der Waals surface area contributed by atoms with Gasteiger partial charge in [0.2, 0.25) is 0 Å². The van der Waals surface area contributed by atoms with Crippen molar-refractivity contribution in [1.82, 2.24) is 29.8 Å². The lowest BCUT2D eigenvalue weighted by atomic mass is 9.89. The number of fused-ring (bicyclic) bond motifs is 1. The quantitative estimate of drug-likeness (QED) is 0.337. The van der Waals surface area contributed by atoms with Gasteiger partial charge in [0, 0.05) is 55.2 Å². The van der Waals surface area contributed by atoms with Gasteiger partial charge in [-0.2, -0.15) is 10.4 Å². The highest BCUT2D eigenvalue weighted by atomic mass is 35.5. The number of likely N-dealkylation sites (N-methyl/N-ethyl adjacent to an activating group) is 1. The summed E-state index contributed by atoms with van der Waals surface area (Å²) in [5.41, 5.74) is 2.71. The molecule has 0 aromatic carbocycles. The smallest absolute Gasteiger partial charge is 0.271 e. The van der Waals surface area contributed by atoms with Crippen LogP contribution < -0.4 is 15.0 Å². The lowest BCUT2D eigenvalue weighted by Gasteiger charge is -2.40. The molecule has 43 heavy (non-hydrogen) atoms. The molecule has 0 unspecified atom stereocenters. The molecule has 12 heteroatoms. The van der Waals surface area contributed by atoms with Crippen LogP contribution in [0.4, 0.5) is 5.82 Å². The van der Waals surface area contributed by atoms with E-state index in [1.54, 1.807) is 35.2 Å². The third-order valence-electron chi connectivity index (χ3n) is 8.12. The molecule has 2 saturated heterocycles. The molecule has 0 spiro atoms. The first kappa shape index (κ1) is 28.9. The largest absolute Gasteiger partial charge is 0.489 e. The number of rotatable bonds is 7. The summed E-state index contributed by atoms with van der Waals surface area (Å²) >= 11 is 6.17. The van der Waals surface area contributed by atoms with E-state index >= 15 is 0 Å². The maximum atomic E-state index is 12.8. The topological polar surface area (TPSA) is 121 Å². The normalized spacial score (nSPS) is 18.7. The fraction of sp³-hybridized carbons (Fsp3) is 0.387. The Bertz CT molecular complexity index is 1660. The lowest BCUT2D eigenvalue weighted by molar-refractivity contribution is -0.0404. The van der Waals surface area contributed by atoms with E-state index in [2.05, 4.69) is 38.3 Å². The molecule has 1 atom stereocenters. The van der Waals surface area contributed by atoms with Crippen LogP contribution in [0.15, 0.2) is 55.1 Å². The van der Waals surface area contributed by atoms with Gasteiger partial charge in [0.1, 0.15) is 36.0 Å². The SMILES string of the molecule is CN1CCO[C@@H](COc2cc(-c3ccc(N4CCC(C)(NC(=O)c5ncccc5Cl)CC4)nc3)c3c(C#N)cnn3c2)C1. The van der Waals surface area contributed by atoms with Crippen molar-refractivity contribution in [3.05, 3.63) is 71.4 Å². The molecule has 0 aliphatic carbocycles. The van der Waals surface area contributed by atoms with Gasteiger partial charge < -0.3 is 24.6 Å². The molecule has 4 aromatic heterocycles. The first-order valence-corrected chi connectivity index (χ1v) is 14.7. The Kier molecular flexibility index (Phi) is 8.17. The summed E-state index contributed by atoms with van der Waals surface area (Å²) < 4.78 is 13.7. The van der Waals surface area contributed by atoms with E-state index in [-0.39, 0.29) is 23.2 Å². The van der Waals surface area contributed by atoms with Gasteiger partial charge in [0.15, 0.2) is 0 Å². The monoisotopic (exact) mass is 600 g/mol. The predicted octanol–water partition coefficient (Wildman–Crippen LogP) is 3.81. The minimum atomic E-state index is -0.381. The third kappa shape index (κ3) is 6.27. The molecule has 2 aliphatic heterocycles. The van der Waals surface area contributed by atoms with Crippen molar-refractivity contribution >= 4 is 28.8 Å². The van der Waals surface area contributed by atoms with Crippen molar-refractivity contribution in [3.8, 4) is 22.9 Å². The van der Waals surface area contributed by atoms with E-state index in [4.69, 9.17) is 26.1 Å². The van der Waals surface area contributed by atoms with Crippen molar-refractivity contribution in [2.75, 3.05) is 51.3 Å². The molecular formula is C31H33ClN8O3. The van der Waals surface area contributed by atoms with Gasteiger partial charge in [-0.05, 0) is 57.1 Å². The Morgan fingerprint density at radius 1 is 1.23 bits per heavy atom. The standard InChI is InChI=1S/C31H33ClN8O3/c1-31(37-30(41)28-26(32)4-3-9-34-28)7-10-39(11-8-31)27-6-5-21(16-35-27)25-14-23(19-40-29(25)22(15-33)17-36-40)43-20-24-18-38(2)12-13-42-24/h3-6,9,14,16-17,19,24H,7-8,10-13,18,20H2,1-2H3,(H,37,41)/t24-/m1/s1. The van der Waals surface area contributed by atoms with Crippen molar-refractivity contribution in [1.29, 1.82) is 5.26 Å². The van der Waals surface area contributed by atoms with Crippen LogP contribution in [-0.4, -0.2) is 88.5 Å². The van der Waals surface area contributed by atoms with E-state index in [1.165, 1.54) is 0 Å². The Hall–Kier alpha value is -4.24. The number of ether oxygens (including phenoxy) is 2. The van der Waals surface area contributed by atoms with Crippen LogP contribution >= 0.6 is 11.6 Å². The Labute approximate surface area is 255 Å². The zero-order valence-corrected chi connectivity index (χ0v) is 24.9. The summed E-state index contributed by atoms with van der Waals surface area (Å²) in [5, 5.41) is 17.6. The molecule has 2 aliphatic rings. The number of nitriles is 1. The van der Waals surface area contributed by atoms with Crippen molar-refractivity contribution < 1.29 is 14.3 Å². The van der Waals surface area contributed by atoms with Gasteiger partial charge in [-0.1, -0.05) is 11.6 Å². The predicted molar refractivity (Wildman–Crippen MR) is 162 cm³/mol. The fourth-order valence-electron chi connectivity index (χ4n) is 5.61. The summed E-state index contributed by atoms with van der Waals surface area (Å²) in [6.07, 6.45) is 8.21. The number of carbonyl (C=O) groups excluding carboxylic acids is 1. The first-order chi connectivity index (χ1) is 20.8. The van der Waals surface area contributed by atoms with Crippen LogP contribution in [0, 0.1) is 11.3 Å². The first-order valence-electron chi connectivity index (χ1n) is 14.3. The number of amides is 1. The summed E-state index contributed by atoms with van der Waals surface area (Å²) in [6, 6.07) is 11.5. The number of piperidine rings is 1. The van der Waals surface area contributed by atoms with E-state index in [9.17, 15) is 10.1 Å². The Balaban J connectivity index is 1.16. The number of anilines is 1. The van der Waals surface area contributed by atoms with Crippen LogP contribution in [0.25, 0.3) is 16.6 Å². The van der Waals surface area contributed by atoms with Crippen LogP contribution in [0.2, 0.25) is 5.02 Å². The van der Waals surface area contributed by atoms with E-state index in [0.29, 0.717) is 35.1 Å². The lowest BCUT2D eigenvalue weighted by Crippen LogP contribution is -2.53. The molecule has 1 amide bonds. The number of hydrogen-bond acceptors (Lipinski definition) is 9. The Morgan fingerprint density at radius 2 is 2.07 bits per heavy atom. The zero-order valence-electron chi connectivity index (χ0n) is 24.2. The van der Waals surface area contributed by atoms with E-state index in [1.807, 2.05) is 31.3 Å². The fourth-order valence-corrected chi connectivity index (χ4v) is 5.81. The van der Waals surface area contributed by atoms with Crippen molar-refractivity contribution in [3.63, 3.8) is 0 Å². The van der Waals surface area contributed by atoms with E-state index in [0.717, 1.165) is 56.0 Å². The maximum Gasteiger partial charge on any atom is 0.271 e. The van der Waals surface area contributed by atoms with Gasteiger partial charge >= 0.3 is 0 Å². The van der Waals surface area contributed by atoms with Gasteiger partial charge in [0.05, 0.1) is 35.1 Å². The average molecular weight is 601 g/mol. The maximum absolute atomic E-state index is 12.8. The molecule has 6 heterocycles. The highest BCUT2D eigenvalue weighted by Gasteiger charge is 2.33. The minimum Gasteiger partial charge on any atom is -0.489 e. The summed E-state index contributed by atoms with van der Waals surface area (Å²) in [7, 11) is 2.07. The number of morpholine rings is 1. The Morgan fingerprint density at radius 3 is 2.79 bits per heavy atom. The summed E-state index contributed by atoms with van der Waals surface area (Å²) in [4.78, 5) is 26.2. The third-order valence-corrected chi connectivity index (χ3v) is 8.43. The second-order valence-electron chi connectivity index (χ2n) is 11.4. The molecule has 1 N–H and O–H groups in total. The second-order valence-corrected chi connectivity index (χ2v) is 11.8. The molecule has 222 valence electrons. The van der Waals surface area contributed by atoms with Gasteiger partial charge in [-0.25, -0.2) is 14.5 Å². The molecule has 0 saturated carbocycles. The summed E-state index contributed by atoms with van der Waals surface area (Å²) in [5.74, 6) is 1.22. The molecule has 6 rings (SSSR count). The number of nitrogens with zero attached hydrogens (tertiary/aromatic N) is 7. The van der Waals surface area contributed by atoms with Crippen LogP contribution in [0.1, 0.15) is 35.8 Å². The molecule has 4 aromatic rings. The number of carbonyl (C=O) groups is 1. The minimum absolute atomic E-state index is 0.0151. The average Bonchev–Trinajstić information content (AvgIpc) is 3.43. The van der Waals surface area contributed by atoms with E-state index < -0.39 is 0 Å². The van der Waals surface area contributed by atoms with Crippen molar-refractivity contribution in [2.24, 2.45) is 0 Å². The van der Waals surface area contributed by atoms with Gasteiger partial charge in [-0.3, -0.25) is 4.79 Å². The number of pyridine rings is 3.